The molecule has 0 amide bonds. The molecule has 0 heterocycles. The summed E-state index contributed by atoms with van der Waals surface area (Å²) in [6.45, 7) is 1.79. The molecule has 0 aliphatic rings. The number of ketones is 1. The van der Waals surface area contributed by atoms with E-state index in [1.165, 1.54) is 0 Å². The van der Waals surface area contributed by atoms with Gasteiger partial charge in [0.25, 0.3) is 0 Å². The SMILES string of the molecule is CP(=O)(c1ccccc1)[C@@H](CC(=O)c1ccc(Br)cc1)c1ccccc1. The Hall–Kier alpha value is -1.96. The van der Waals surface area contributed by atoms with E-state index in [-0.39, 0.29) is 17.9 Å². The Morgan fingerprint density at radius 1 is 0.885 bits per heavy atom. The molecule has 2 nitrogen and oxygen atoms in total. The van der Waals surface area contributed by atoms with Crippen molar-refractivity contribution in [3.63, 3.8) is 0 Å². The van der Waals surface area contributed by atoms with Crippen LogP contribution in [0, 0.1) is 0 Å². The lowest BCUT2D eigenvalue weighted by Crippen LogP contribution is -2.15. The van der Waals surface area contributed by atoms with E-state index in [1.54, 1.807) is 18.8 Å². The Labute approximate surface area is 162 Å². The average molecular weight is 427 g/mol. The maximum absolute atomic E-state index is 13.8. The van der Waals surface area contributed by atoms with E-state index in [0.29, 0.717) is 5.56 Å². The summed E-state index contributed by atoms with van der Waals surface area (Å²) in [6.07, 6.45) is 0.217. The molecule has 4 heteroatoms. The maximum atomic E-state index is 13.8. The second kappa shape index (κ2) is 8.16. The molecule has 3 aromatic carbocycles. The van der Waals surface area contributed by atoms with Crippen molar-refractivity contribution in [1.29, 1.82) is 0 Å². The van der Waals surface area contributed by atoms with Crippen LogP contribution in [-0.2, 0) is 4.57 Å². The third kappa shape index (κ3) is 4.23. The van der Waals surface area contributed by atoms with Crippen LogP contribution in [0.2, 0.25) is 0 Å². The summed E-state index contributed by atoms with van der Waals surface area (Å²) in [4.78, 5) is 12.9. The lowest BCUT2D eigenvalue weighted by atomic mass is 10.0. The van der Waals surface area contributed by atoms with Crippen LogP contribution in [-0.4, -0.2) is 12.4 Å². The highest BCUT2D eigenvalue weighted by Gasteiger charge is 2.33. The topological polar surface area (TPSA) is 34.1 Å². The number of rotatable bonds is 6. The lowest BCUT2D eigenvalue weighted by Gasteiger charge is -2.25. The molecule has 3 rings (SSSR count). The third-order valence-corrected chi connectivity index (χ3v) is 8.12. The van der Waals surface area contributed by atoms with Gasteiger partial charge < -0.3 is 4.57 Å². The fraction of sp³-hybridized carbons (Fsp3) is 0.136. The summed E-state index contributed by atoms with van der Waals surface area (Å²) in [7, 11) is -2.79. The van der Waals surface area contributed by atoms with Gasteiger partial charge in [0.15, 0.2) is 5.78 Å². The minimum Gasteiger partial charge on any atom is -0.318 e. The first-order valence-electron chi connectivity index (χ1n) is 8.45. The van der Waals surface area contributed by atoms with Gasteiger partial charge in [0, 0.05) is 27.4 Å². The van der Waals surface area contributed by atoms with Gasteiger partial charge in [-0.3, -0.25) is 4.79 Å². The van der Waals surface area contributed by atoms with Gasteiger partial charge in [0.2, 0.25) is 0 Å². The van der Waals surface area contributed by atoms with Crippen LogP contribution in [0.4, 0.5) is 0 Å². The van der Waals surface area contributed by atoms with Gasteiger partial charge in [-0.25, -0.2) is 0 Å². The predicted octanol–water partition coefficient (Wildman–Crippen LogP) is 6.08. The number of hydrogen-bond donors (Lipinski definition) is 0. The van der Waals surface area contributed by atoms with Crippen LogP contribution in [0.25, 0.3) is 0 Å². The standard InChI is InChI=1S/C22H20BrO2P/c1-26(25,20-10-6-3-7-11-20)22(18-8-4-2-5-9-18)16-21(24)17-12-14-19(23)15-13-17/h2-15,22H,16H2,1H3/t22-,26?/m0/s1. The first-order valence-corrected chi connectivity index (χ1v) is 11.5. The molecule has 0 aromatic heterocycles. The lowest BCUT2D eigenvalue weighted by molar-refractivity contribution is 0.0981. The largest absolute Gasteiger partial charge is 0.318 e. The van der Waals surface area contributed by atoms with Gasteiger partial charge in [-0.1, -0.05) is 88.7 Å². The van der Waals surface area contributed by atoms with Crippen LogP contribution in [0.5, 0.6) is 0 Å². The molecular weight excluding hydrogens is 407 g/mol. The Balaban J connectivity index is 1.98. The van der Waals surface area contributed by atoms with E-state index in [4.69, 9.17) is 0 Å². The van der Waals surface area contributed by atoms with Crippen molar-refractivity contribution in [2.24, 2.45) is 0 Å². The van der Waals surface area contributed by atoms with Crippen molar-refractivity contribution < 1.29 is 9.36 Å². The number of carbonyl (C=O) groups excluding carboxylic acids is 1. The molecule has 0 radical (unpaired) electrons. The maximum Gasteiger partial charge on any atom is 0.163 e. The highest BCUT2D eigenvalue weighted by Crippen LogP contribution is 2.57. The van der Waals surface area contributed by atoms with Crippen LogP contribution in [0.15, 0.2) is 89.4 Å². The summed E-state index contributed by atoms with van der Waals surface area (Å²) in [5, 5.41) is 0.803. The normalized spacial score (nSPS) is 14.4. The number of halogens is 1. The summed E-state index contributed by atoms with van der Waals surface area (Å²) < 4.78 is 14.7. The molecule has 26 heavy (non-hydrogen) atoms. The van der Waals surface area contributed by atoms with Crippen LogP contribution >= 0.6 is 23.1 Å². The Bertz CT molecular complexity index is 921. The molecule has 0 bridgehead atoms. The zero-order valence-corrected chi connectivity index (χ0v) is 17.0. The molecule has 0 saturated carbocycles. The quantitative estimate of drug-likeness (QED) is 0.353. The van der Waals surface area contributed by atoms with Crippen molar-refractivity contribution in [2.45, 2.75) is 12.1 Å². The summed E-state index contributed by atoms with van der Waals surface area (Å²) >= 11 is 3.39. The Kier molecular flexibility index (Phi) is 5.90. The molecule has 0 aliphatic carbocycles. The monoisotopic (exact) mass is 426 g/mol. The van der Waals surface area contributed by atoms with E-state index < -0.39 is 7.14 Å². The first kappa shape index (κ1) is 18.8. The van der Waals surface area contributed by atoms with Crippen molar-refractivity contribution in [1.82, 2.24) is 0 Å². The number of carbonyl (C=O) groups is 1. The molecule has 0 saturated heterocycles. The van der Waals surface area contributed by atoms with Crippen molar-refractivity contribution >= 4 is 34.2 Å². The molecule has 0 aliphatic heterocycles. The fourth-order valence-electron chi connectivity index (χ4n) is 3.08. The molecule has 3 aromatic rings. The van der Waals surface area contributed by atoms with Crippen LogP contribution in [0.3, 0.4) is 0 Å². The highest BCUT2D eigenvalue weighted by molar-refractivity contribution is 9.10. The molecule has 0 N–H and O–H groups in total. The second-order valence-electron chi connectivity index (χ2n) is 6.39. The van der Waals surface area contributed by atoms with E-state index in [9.17, 15) is 9.36 Å². The van der Waals surface area contributed by atoms with E-state index in [2.05, 4.69) is 15.9 Å². The predicted molar refractivity (Wildman–Crippen MR) is 112 cm³/mol. The van der Waals surface area contributed by atoms with Crippen LogP contribution in [0.1, 0.15) is 28.0 Å². The minimum absolute atomic E-state index is 0.00404. The Morgan fingerprint density at radius 3 is 2.00 bits per heavy atom. The Morgan fingerprint density at radius 2 is 1.42 bits per heavy atom. The van der Waals surface area contributed by atoms with Gasteiger partial charge in [0.05, 0.1) is 0 Å². The number of Topliss-reactive ketones (excluding diaryl/α,β-unsaturated/α-hetero) is 1. The van der Waals surface area contributed by atoms with E-state index >= 15 is 0 Å². The van der Waals surface area contributed by atoms with Crippen molar-refractivity contribution in [2.75, 3.05) is 6.66 Å². The zero-order chi connectivity index (χ0) is 18.6. The molecular formula is C22H20BrO2P. The molecule has 0 spiro atoms. The zero-order valence-electron chi connectivity index (χ0n) is 14.5. The van der Waals surface area contributed by atoms with E-state index in [0.717, 1.165) is 15.3 Å². The van der Waals surface area contributed by atoms with E-state index in [1.807, 2.05) is 72.8 Å². The third-order valence-electron chi connectivity index (χ3n) is 4.59. The van der Waals surface area contributed by atoms with Crippen molar-refractivity contribution in [3.8, 4) is 0 Å². The molecule has 0 fully saturated rings. The van der Waals surface area contributed by atoms with Gasteiger partial charge in [-0.05, 0) is 24.4 Å². The number of hydrogen-bond acceptors (Lipinski definition) is 2. The molecule has 1 unspecified atom stereocenters. The van der Waals surface area contributed by atoms with Gasteiger partial charge in [0.1, 0.15) is 7.14 Å². The van der Waals surface area contributed by atoms with Gasteiger partial charge in [-0.15, -0.1) is 0 Å². The van der Waals surface area contributed by atoms with Crippen molar-refractivity contribution in [3.05, 3.63) is 101 Å². The van der Waals surface area contributed by atoms with Crippen LogP contribution < -0.4 is 5.30 Å². The average Bonchev–Trinajstić information content (AvgIpc) is 2.67. The summed E-state index contributed by atoms with van der Waals surface area (Å²) in [5.74, 6) is 0.00404. The van der Waals surface area contributed by atoms with Gasteiger partial charge in [-0.2, -0.15) is 0 Å². The van der Waals surface area contributed by atoms with Gasteiger partial charge >= 0.3 is 0 Å². The minimum atomic E-state index is -2.79. The second-order valence-corrected chi connectivity index (χ2v) is 10.4. The highest BCUT2D eigenvalue weighted by atomic mass is 79.9. The smallest absolute Gasteiger partial charge is 0.163 e. The summed E-state index contributed by atoms with van der Waals surface area (Å²) in [6, 6.07) is 26.5. The summed E-state index contributed by atoms with van der Waals surface area (Å²) in [5.41, 5.74) is 1.23. The first-order chi connectivity index (χ1) is 12.5. The molecule has 132 valence electrons. The molecule has 2 atom stereocenters. The number of benzene rings is 3. The fourth-order valence-corrected chi connectivity index (χ4v) is 5.73.